The summed E-state index contributed by atoms with van der Waals surface area (Å²) < 4.78 is 9.97. The molecule has 8 nitrogen and oxygen atoms in total. The number of unbranched alkanes of at least 4 members (excludes halogenated alkanes) is 1. The lowest BCUT2D eigenvalue weighted by molar-refractivity contribution is 0.0901. The van der Waals surface area contributed by atoms with Gasteiger partial charge in [-0.1, -0.05) is 38.5 Å². The van der Waals surface area contributed by atoms with Crippen molar-refractivity contribution < 1.29 is 9.84 Å². The molecule has 29 heavy (non-hydrogen) atoms. The minimum atomic E-state index is -1.000. The lowest BCUT2D eigenvalue weighted by Crippen LogP contribution is -2.44. The second-order valence-electron chi connectivity index (χ2n) is 7.09. The van der Waals surface area contributed by atoms with E-state index in [2.05, 4.69) is 11.9 Å². The second kappa shape index (κ2) is 9.56. The molecule has 3 rings (SSSR count). The molecule has 0 aliphatic heterocycles. The molecular weight excluding hydrogens is 372 g/mol. The van der Waals surface area contributed by atoms with Crippen molar-refractivity contribution >= 4 is 11.2 Å². The fourth-order valence-electron chi connectivity index (χ4n) is 3.30. The third-order valence-corrected chi connectivity index (χ3v) is 4.76. The van der Waals surface area contributed by atoms with E-state index in [1.54, 1.807) is 23.0 Å². The Morgan fingerprint density at radius 3 is 2.52 bits per heavy atom. The van der Waals surface area contributed by atoms with Crippen LogP contribution >= 0.6 is 0 Å². The number of ether oxygens (including phenoxy) is 1. The van der Waals surface area contributed by atoms with Gasteiger partial charge in [-0.05, 0) is 25.0 Å². The van der Waals surface area contributed by atoms with Gasteiger partial charge >= 0.3 is 5.69 Å². The van der Waals surface area contributed by atoms with E-state index < -0.39 is 17.4 Å². The van der Waals surface area contributed by atoms with E-state index in [4.69, 9.17) is 4.74 Å². The topological polar surface area (TPSA) is 91.3 Å². The molecular formula is C21H28N4O4. The molecule has 0 amide bonds. The zero-order valence-corrected chi connectivity index (χ0v) is 17.0. The Balaban J connectivity index is 1.93. The van der Waals surface area contributed by atoms with E-state index in [1.807, 2.05) is 25.1 Å². The van der Waals surface area contributed by atoms with Crippen LogP contribution in [0.1, 0.15) is 33.1 Å². The number of benzene rings is 1. The molecule has 2 heterocycles. The van der Waals surface area contributed by atoms with Gasteiger partial charge in [-0.25, -0.2) is 9.78 Å². The maximum absolute atomic E-state index is 13.1. The molecule has 1 atom stereocenters. The smallest absolute Gasteiger partial charge is 0.332 e. The quantitative estimate of drug-likeness (QED) is 0.562. The van der Waals surface area contributed by atoms with Gasteiger partial charge in [-0.2, -0.15) is 0 Å². The summed E-state index contributed by atoms with van der Waals surface area (Å²) in [4.78, 5) is 30.4. The zero-order valence-electron chi connectivity index (χ0n) is 17.0. The fourth-order valence-corrected chi connectivity index (χ4v) is 3.30. The minimum absolute atomic E-state index is 0.0171. The number of fused-ring (bicyclic) bond motifs is 1. The average Bonchev–Trinajstić information content (AvgIpc) is 3.16. The molecule has 0 saturated heterocycles. The molecule has 3 aromatic rings. The van der Waals surface area contributed by atoms with Crippen LogP contribution in [0.25, 0.3) is 11.2 Å². The van der Waals surface area contributed by atoms with Crippen LogP contribution < -0.4 is 16.0 Å². The molecule has 0 saturated carbocycles. The van der Waals surface area contributed by atoms with Crippen LogP contribution in [0.15, 0.2) is 46.2 Å². The Kier molecular flexibility index (Phi) is 6.87. The van der Waals surface area contributed by atoms with E-state index in [0.29, 0.717) is 30.0 Å². The third-order valence-electron chi connectivity index (χ3n) is 4.76. The summed E-state index contributed by atoms with van der Waals surface area (Å²) in [6.07, 6.45) is 3.24. The van der Waals surface area contributed by atoms with Gasteiger partial charge in [0.2, 0.25) is 0 Å². The summed E-state index contributed by atoms with van der Waals surface area (Å²) in [5, 5.41) is 10.4. The van der Waals surface area contributed by atoms with Crippen LogP contribution in [0.5, 0.6) is 5.75 Å². The van der Waals surface area contributed by atoms with Crippen LogP contribution in [-0.2, 0) is 19.6 Å². The monoisotopic (exact) mass is 400 g/mol. The summed E-state index contributed by atoms with van der Waals surface area (Å²) >= 11 is 0. The van der Waals surface area contributed by atoms with Crippen LogP contribution in [0.4, 0.5) is 0 Å². The van der Waals surface area contributed by atoms with E-state index in [-0.39, 0.29) is 13.2 Å². The number of aliphatic hydroxyl groups is 1. The van der Waals surface area contributed by atoms with Gasteiger partial charge in [0.25, 0.3) is 5.56 Å². The Labute approximate surface area is 169 Å². The van der Waals surface area contributed by atoms with Crippen LogP contribution in [0.3, 0.4) is 0 Å². The van der Waals surface area contributed by atoms with Crippen molar-refractivity contribution in [1.29, 1.82) is 0 Å². The van der Waals surface area contributed by atoms with Crippen molar-refractivity contribution in [2.45, 2.75) is 58.8 Å². The normalized spacial score (nSPS) is 12.4. The molecule has 156 valence electrons. The summed E-state index contributed by atoms with van der Waals surface area (Å²) in [5.74, 6) is 0.621. The molecule has 1 N–H and O–H groups in total. The molecule has 0 fully saturated rings. The van der Waals surface area contributed by atoms with Crippen molar-refractivity contribution in [3.8, 4) is 5.75 Å². The van der Waals surface area contributed by atoms with Crippen molar-refractivity contribution in [1.82, 2.24) is 18.7 Å². The predicted octanol–water partition coefficient (Wildman–Crippen LogP) is 2.01. The van der Waals surface area contributed by atoms with Gasteiger partial charge in [0.1, 0.15) is 18.5 Å². The lowest BCUT2D eigenvalue weighted by atomic mass is 10.3. The van der Waals surface area contributed by atoms with Crippen molar-refractivity contribution in [3.63, 3.8) is 0 Å². The number of rotatable bonds is 10. The van der Waals surface area contributed by atoms with Gasteiger partial charge in [0.15, 0.2) is 11.2 Å². The van der Waals surface area contributed by atoms with Gasteiger partial charge in [-0.3, -0.25) is 13.9 Å². The molecule has 0 spiro atoms. The van der Waals surface area contributed by atoms with E-state index in [9.17, 15) is 14.7 Å². The van der Waals surface area contributed by atoms with Crippen molar-refractivity contribution in [2.24, 2.45) is 0 Å². The van der Waals surface area contributed by atoms with E-state index in [0.717, 1.165) is 23.8 Å². The minimum Gasteiger partial charge on any atom is -0.491 e. The molecule has 0 bridgehead atoms. The average molecular weight is 400 g/mol. The number of aliphatic hydroxyl groups excluding tert-OH is 1. The number of nitrogens with zero attached hydrogens (tertiary/aromatic N) is 4. The number of hydrogen-bond donors (Lipinski definition) is 1. The highest BCUT2D eigenvalue weighted by molar-refractivity contribution is 5.70. The highest BCUT2D eigenvalue weighted by Crippen LogP contribution is 2.10. The molecule has 0 aliphatic rings. The van der Waals surface area contributed by atoms with Gasteiger partial charge in [-0.15, -0.1) is 0 Å². The first-order valence-corrected chi connectivity index (χ1v) is 10.1. The predicted molar refractivity (Wildman–Crippen MR) is 111 cm³/mol. The number of aryl methyl sites for hydroxylation is 2. The van der Waals surface area contributed by atoms with Crippen molar-refractivity contribution in [2.75, 3.05) is 6.61 Å². The molecule has 0 radical (unpaired) electrons. The second-order valence-corrected chi connectivity index (χ2v) is 7.09. The van der Waals surface area contributed by atoms with Crippen molar-refractivity contribution in [3.05, 3.63) is 57.5 Å². The molecule has 0 aliphatic carbocycles. The Hall–Kier alpha value is -2.87. The highest BCUT2D eigenvalue weighted by Gasteiger charge is 2.19. The zero-order chi connectivity index (χ0) is 20.8. The largest absolute Gasteiger partial charge is 0.491 e. The SMILES string of the molecule is CCCCn1cnc2c1c(=O)n(CC(O)COc1ccccc1)c(=O)n2CCC. The first kappa shape index (κ1) is 20.9. The van der Waals surface area contributed by atoms with Crippen LogP contribution in [0, 0.1) is 0 Å². The first-order valence-electron chi connectivity index (χ1n) is 10.1. The van der Waals surface area contributed by atoms with Crippen LogP contribution in [-0.4, -0.2) is 36.5 Å². The first-order chi connectivity index (χ1) is 14.1. The Morgan fingerprint density at radius 2 is 1.83 bits per heavy atom. The van der Waals surface area contributed by atoms with Gasteiger partial charge in [0.05, 0.1) is 12.9 Å². The van der Waals surface area contributed by atoms with Gasteiger partial charge < -0.3 is 14.4 Å². The van der Waals surface area contributed by atoms with Gasteiger partial charge in [0, 0.05) is 13.1 Å². The Morgan fingerprint density at radius 1 is 1.07 bits per heavy atom. The number of para-hydroxylation sites is 1. The standard InChI is InChI=1S/C21H28N4O4/c1-3-5-12-23-15-22-19-18(23)20(27)25(21(28)24(19)11-4-2)13-16(26)14-29-17-9-7-6-8-10-17/h6-10,15-16,26H,3-5,11-14H2,1-2H3. The summed E-state index contributed by atoms with van der Waals surface area (Å²) in [7, 11) is 0. The number of imidazole rings is 1. The summed E-state index contributed by atoms with van der Waals surface area (Å²) in [6.45, 7) is 5.00. The van der Waals surface area contributed by atoms with E-state index in [1.165, 1.54) is 4.57 Å². The fraction of sp³-hybridized carbons (Fsp3) is 0.476. The van der Waals surface area contributed by atoms with Crippen LogP contribution in [0.2, 0.25) is 0 Å². The third kappa shape index (κ3) is 4.59. The highest BCUT2D eigenvalue weighted by atomic mass is 16.5. The summed E-state index contributed by atoms with van der Waals surface area (Å²) in [6, 6.07) is 9.11. The maximum atomic E-state index is 13.1. The summed E-state index contributed by atoms with van der Waals surface area (Å²) in [5.41, 5.74) is -0.0690. The Bertz CT molecular complexity index is 1050. The number of aromatic nitrogens is 4. The lowest BCUT2D eigenvalue weighted by Gasteiger charge is -2.16. The molecule has 1 unspecified atom stereocenters. The molecule has 2 aromatic heterocycles. The maximum Gasteiger partial charge on any atom is 0.332 e. The molecule has 8 heteroatoms. The number of hydrogen-bond acceptors (Lipinski definition) is 5. The molecule has 1 aromatic carbocycles. The van der Waals surface area contributed by atoms with E-state index >= 15 is 0 Å².